The standard InChI is InChI=1S/C11H18N2O2/c1-8(14)10-3-4-13(5-10)6-11-9(2)15-7-12-11/h7-8,10,14H,3-6H2,1-2H3. The molecule has 2 heterocycles. The van der Waals surface area contributed by atoms with Crippen molar-refractivity contribution in [3.8, 4) is 0 Å². The van der Waals surface area contributed by atoms with Crippen LogP contribution in [0.2, 0.25) is 0 Å². The quantitative estimate of drug-likeness (QED) is 0.814. The van der Waals surface area contributed by atoms with E-state index in [1.165, 1.54) is 6.39 Å². The Kier molecular flexibility index (Phi) is 3.07. The summed E-state index contributed by atoms with van der Waals surface area (Å²) < 4.78 is 5.16. The Balaban J connectivity index is 1.90. The van der Waals surface area contributed by atoms with Crippen LogP contribution < -0.4 is 0 Å². The lowest BCUT2D eigenvalue weighted by Crippen LogP contribution is -2.24. The third kappa shape index (κ3) is 2.38. The Bertz CT molecular complexity index is 322. The molecule has 4 nitrogen and oxygen atoms in total. The summed E-state index contributed by atoms with van der Waals surface area (Å²) in [7, 11) is 0. The Morgan fingerprint density at radius 1 is 1.73 bits per heavy atom. The average molecular weight is 210 g/mol. The molecule has 1 aromatic rings. The summed E-state index contributed by atoms with van der Waals surface area (Å²) in [5, 5.41) is 9.49. The maximum absolute atomic E-state index is 9.49. The molecule has 4 heteroatoms. The van der Waals surface area contributed by atoms with Crippen LogP contribution in [0.25, 0.3) is 0 Å². The summed E-state index contributed by atoms with van der Waals surface area (Å²) in [6.07, 6.45) is 2.37. The third-order valence-corrected chi connectivity index (χ3v) is 3.21. The topological polar surface area (TPSA) is 49.5 Å². The van der Waals surface area contributed by atoms with Crippen molar-refractivity contribution >= 4 is 0 Å². The molecule has 0 saturated carbocycles. The summed E-state index contributed by atoms with van der Waals surface area (Å²) in [5.74, 6) is 1.31. The first-order valence-electron chi connectivity index (χ1n) is 5.46. The van der Waals surface area contributed by atoms with Crippen LogP contribution in [-0.4, -0.2) is 34.2 Å². The summed E-state index contributed by atoms with van der Waals surface area (Å²) in [5.41, 5.74) is 1.02. The summed E-state index contributed by atoms with van der Waals surface area (Å²) >= 11 is 0. The van der Waals surface area contributed by atoms with E-state index in [1.54, 1.807) is 0 Å². The zero-order valence-electron chi connectivity index (χ0n) is 9.31. The van der Waals surface area contributed by atoms with Crippen LogP contribution in [0.4, 0.5) is 0 Å². The van der Waals surface area contributed by atoms with Crippen LogP contribution in [0.1, 0.15) is 24.8 Å². The molecular weight excluding hydrogens is 192 g/mol. The number of rotatable bonds is 3. The van der Waals surface area contributed by atoms with Crippen LogP contribution in [0.3, 0.4) is 0 Å². The van der Waals surface area contributed by atoms with E-state index in [1.807, 2.05) is 13.8 Å². The van der Waals surface area contributed by atoms with Gasteiger partial charge in [0, 0.05) is 13.1 Å². The number of aliphatic hydroxyl groups excluding tert-OH is 1. The molecule has 1 fully saturated rings. The van der Waals surface area contributed by atoms with E-state index in [4.69, 9.17) is 4.42 Å². The molecule has 0 radical (unpaired) electrons. The van der Waals surface area contributed by atoms with E-state index in [0.717, 1.165) is 37.5 Å². The van der Waals surface area contributed by atoms with E-state index in [9.17, 15) is 5.11 Å². The largest absolute Gasteiger partial charge is 0.448 e. The lowest BCUT2D eigenvalue weighted by atomic mass is 10.0. The molecule has 84 valence electrons. The lowest BCUT2D eigenvalue weighted by Gasteiger charge is -2.16. The van der Waals surface area contributed by atoms with Crippen LogP contribution in [0.15, 0.2) is 10.8 Å². The van der Waals surface area contributed by atoms with E-state index < -0.39 is 0 Å². The van der Waals surface area contributed by atoms with E-state index >= 15 is 0 Å². The second-order valence-corrected chi connectivity index (χ2v) is 4.38. The Morgan fingerprint density at radius 2 is 2.53 bits per heavy atom. The Hall–Kier alpha value is -0.870. The minimum atomic E-state index is -0.201. The molecular formula is C11H18N2O2. The lowest BCUT2D eigenvalue weighted by molar-refractivity contribution is 0.127. The normalized spacial score (nSPS) is 24.6. The van der Waals surface area contributed by atoms with Crippen molar-refractivity contribution in [3.05, 3.63) is 17.8 Å². The number of aliphatic hydroxyl groups is 1. The van der Waals surface area contributed by atoms with Crippen molar-refractivity contribution in [3.63, 3.8) is 0 Å². The molecule has 1 aromatic heterocycles. The van der Waals surface area contributed by atoms with Gasteiger partial charge in [-0.15, -0.1) is 0 Å². The van der Waals surface area contributed by atoms with Gasteiger partial charge in [0.1, 0.15) is 5.76 Å². The zero-order valence-corrected chi connectivity index (χ0v) is 9.31. The molecule has 2 atom stereocenters. The van der Waals surface area contributed by atoms with Gasteiger partial charge in [0.25, 0.3) is 0 Å². The predicted octanol–water partition coefficient (Wildman–Crippen LogP) is 1.19. The minimum Gasteiger partial charge on any atom is -0.448 e. The molecule has 0 aliphatic carbocycles. The molecule has 2 rings (SSSR count). The van der Waals surface area contributed by atoms with Gasteiger partial charge in [0.15, 0.2) is 6.39 Å². The van der Waals surface area contributed by atoms with Crippen molar-refractivity contribution in [2.24, 2.45) is 5.92 Å². The van der Waals surface area contributed by atoms with Gasteiger partial charge in [-0.2, -0.15) is 0 Å². The molecule has 1 aliphatic rings. The molecule has 1 aliphatic heterocycles. The smallest absolute Gasteiger partial charge is 0.181 e. The van der Waals surface area contributed by atoms with Crippen LogP contribution in [-0.2, 0) is 6.54 Å². The molecule has 2 unspecified atom stereocenters. The third-order valence-electron chi connectivity index (χ3n) is 3.21. The Labute approximate surface area is 89.9 Å². The molecule has 0 aromatic carbocycles. The first-order valence-corrected chi connectivity index (χ1v) is 5.46. The maximum atomic E-state index is 9.49. The summed E-state index contributed by atoms with van der Waals surface area (Å²) in [6.45, 7) is 6.65. The summed E-state index contributed by atoms with van der Waals surface area (Å²) in [4.78, 5) is 6.50. The van der Waals surface area contributed by atoms with Crippen LogP contribution in [0.5, 0.6) is 0 Å². The number of nitrogens with zero attached hydrogens (tertiary/aromatic N) is 2. The fraction of sp³-hybridized carbons (Fsp3) is 0.727. The SMILES string of the molecule is Cc1ocnc1CN1CCC(C(C)O)C1. The van der Waals surface area contributed by atoms with E-state index in [2.05, 4.69) is 9.88 Å². The number of aromatic nitrogens is 1. The monoisotopic (exact) mass is 210 g/mol. The van der Waals surface area contributed by atoms with Gasteiger partial charge in [-0.3, -0.25) is 4.90 Å². The van der Waals surface area contributed by atoms with Crippen LogP contribution >= 0.6 is 0 Å². The van der Waals surface area contributed by atoms with E-state index in [0.29, 0.717) is 5.92 Å². The zero-order chi connectivity index (χ0) is 10.8. The van der Waals surface area contributed by atoms with Crippen LogP contribution in [0, 0.1) is 12.8 Å². The molecule has 1 saturated heterocycles. The molecule has 0 amide bonds. The second-order valence-electron chi connectivity index (χ2n) is 4.38. The van der Waals surface area contributed by atoms with Crippen molar-refractivity contribution in [1.29, 1.82) is 0 Å². The molecule has 1 N–H and O–H groups in total. The molecule has 15 heavy (non-hydrogen) atoms. The van der Waals surface area contributed by atoms with E-state index in [-0.39, 0.29) is 6.10 Å². The van der Waals surface area contributed by atoms with Gasteiger partial charge in [-0.05, 0) is 32.7 Å². The fourth-order valence-corrected chi connectivity index (χ4v) is 2.09. The second kappa shape index (κ2) is 4.33. The first-order chi connectivity index (χ1) is 7.16. The molecule has 0 spiro atoms. The number of hydrogen-bond donors (Lipinski definition) is 1. The number of hydrogen-bond acceptors (Lipinski definition) is 4. The minimum absolute atomic E-state index is 0.201. The van der Waals surface area contributed by atoms with Gasteiger partial charge in [-0.25, -0.2) is 4.98 Å². The number of oxazole rings is 1. The van der Waals surface area contributed by atoms with Crippen molar-refractivity contribution in [1.82, 2.24) is 9.88 Å². The van der Waals surface area contributed by atoms with Gasteiger partial charge in [0.05, 0.1) is 11.8 Å². The highest BCUT2D eigenvalue weighted by Gasteiger charge is 2.26. The fourth-order valence-electron chi connectivity index (χ4n) is 2.09. The highest BCUT2D eigenvalue weighted by molar-refractivity contribution is 5.04. The van der Waals surface area contributed by atoms with Gasteiger partial charge < -0.3 is 9.52 Å². The highest BCUT2D eigenvalue weighted by atomic mass is 16.3. The van der Waals surface area contributed by atoms with Crippen molar-refractivity contribution < 1.29 is 9.52 Å². The van der Waals surface area contributed by atoms with Crippen molar-refractivity contribution in [2.75, 3.05) is 13.1 Å². The summed E-state index contributed by atoms with van der Waals surface area (Å²) in [6, 6.07) is 0. The molecule has 0 bridgehead atoms. The first kappa shape index (κ1) is 10.6. The number of likely N-dealkylation sites (tertiary alicyclic amines) is 1. The van der Waals surface area contributed by atoms with Crippen molar-refractivity contribution in [2.45, 2.75) is 32.9 Å². The highest BCUT2D eigenvalue weighted by Crippen LogP contribution is 2.21. The maximum Gasteiger partial charge on any atom is 0.181 e. The average Bonchev–Trinajstić information content (AvgIpc) is 2.77. The van der Waals surface area contributed by atoms with Gasteiger partial charge >= 0.3 is 0 Å². The van der Waals surface area contributed by atoms with Gasteiger partial charge in [-0.1, -0.05) is 0 Å². The number of aryl methyl sites for hydroxylation is 1. The predicted molar refractivity (Wildman–Crippen MR) is 56.3 cm³/mol. The Morgan fingerprint density at radius 3 is 3.07 bits per heavy atom. The van der Waals surface area contributed by atoms with Gasteiger partial charge in [0.2, 0.25) is 0 Å².